The fourth-order valence-electron chi connectivity index (χ4n) is 3.73. The van der Waals surface area contributed by atoms with Crippen molar-refractivity contribution in [2.24, 2.45) is 0 Å². The second-order valence-electron chi connectivity index (χ2n) is 6.97. The summed E-state index contributed by atoms with van der Waals surface area (Å²) in [6.07, 6.45) is 2.20. The molecule has 1 saturated heterocycles. The predicted molar refractivity (Wildman–Crippen MR) is 99.6 cm³/mol. The van der Waals surface area contributed by atoms with Crippen molar-refractivity contribution in [1.82, 2.24) is 14.9 Å². The van der Waals surface area contributed by atoms with Gasteiger partial charge >= 0.3 is 0 Å². The van der Waals surface area contributed by atoms with E-state index in [1.54, 1.807) is 6.20 Å². The lowest BCUT2D eigenvalue weighted by Gasteiger charge is -2.35. The van der Waals surface area contributed by atoms with Crippen molar-refractivity contribution < 1.29 is 4.74 Å². The van der Waals surface area contributed by atoms with Crippen molar-refractivity contribution in [2.75, 3.05) is 13.1 Å². The van der Waals surface area contributed by atoms with Gasteiger partial charge in [0.25, 0.3) is 5.56 Å². The number of H-pyrrole nitrogens is 2. The van der Waals surface area contributed by atoms with E-state index in [1.165, 1.54) is 5.56 Å². The lowest BCUT2D eigenvalue weighted by Crippen LogP contribution is -2.44. The Hall–Kier alpha value is -2.37. The number of morpholine rings is 1. The Morgan fingerprint density at radius 3 is 2.72 bits per heavy atom. The Balaban J connectivity index is 1.60. The molecule has 0 spiro atoms. The summed E-state index contributed by atoms with van der Waals surface area (Å²) in [5, 5.41) is 1.13. The smallest absolute Gasteiger partial charge is 0.257 e. The molecule has 0 amide bonds. The van der Waals surface area contributed by atoms with E-state index in [-0.39, 0.29) is 17.8 Å². The van der Waals surface area contributed by atoms with Gasteiger partial charge in [0, 0.05) is 36.7 Å². The molecule has 1 fully saturated rings. The Kier molecular flexibility index (Phi) is 4.19. The maximum atomic E-state index is 12.0. The molecule has 2 atom stereocenters. The maximum absolute atomic E-state index is 12.0. The molecule has 0 bridgehead atoms. The van der Waals surface area contributed by atoms with Crippen LogP contribution in [0.25, 0.3) is 22.2 Å². The Labute approximate surface area is 146 Å². The zero-order chi connectivity index (χ0) is 17.4. The standard InChI is InChI=1S/C20H23N3O2/c1-13-10-23(11-14(2)25-13)12-15-5-6-18-16(8-15)9-19(22-18)17-4-3-7-21-20(17)24/h3-9,13-14,22H,10-12H2,1-2H3,(H,21,24). The van der Waals surface area contributed by atoms with Crippen LogP contribution in [0.15, 0.2) is 47.4 Å². The van der Waals surface area contributed by atoms with Gasteiger partial charge in [-0.3, -0.25) is 9.69 Å². The summed E-state index contributed by atoms with van der Waals surface area (Å²) < 4.78 is 5.81. The van der Waals surface area contributed by atoms with Gasteiger partial charge in [0.15, 0.2) is 0 Å². The molecule has 4 rings (SSSR count). The van der Waals surface area contributed by atoms with Crippen LogP contribution in [0.3, 0.4) is 0 Å². The fraction of sp³-hybridized carbons (Fsp3) is 0.350. The summed E-state index contributed by atoms with van der Waals surface area (Å²) in [6.45, 7) is 7.09. The minimum Gasteiger partial charge on any atom is -0.373 e. The average molecular weight is 337 g/mol. The average Bonchev–Trinajstić information content (AvgIpc) is 2.97. The predicted octanol–water partition coefficient (Wildman–Crippen LogP) is 3.13. The minimum absolute atomic E-state index is 0.0782. The van der Waals surface area contributed by atoms with Crippen molar-refractivity contribution in [3.05, 3.63) is 58.5 Å². The first kappa shape index (κ1) is 16.1. The Bertz CT molecular complexity index is 933. The number of hydrogen-bond donors (Lipinski definition) is 2. The van der Waals surface area contributed by atoms with Gasteiger partial charge in [-0.1, -0.05) is 6.07 Å². The van der Waals surface area contributed by atoms with E-state index in [9.17, 15) is 4.79 Å². The monoisotopic (exact) mass is 337 g/mol. The zero-order valence-corrected chi connectivity index (χ0v) is 14.6. The third kappa shape index (κ3) is 3.38. The second-order valence-corrected chi connectivity index (χ2v) is 6.97. The van der Waals surface area contributed by atoms with Crippen LogP contribution in [-0.4, -0.2) is 40.2 Å². The van der Waals surface area contributed by atoms with Crippen LogP contribution < -0.4 is 5.56 Å². The molecule has 2 N–H and O–H groups in total. The number of nitrogens with one attached hydrogen (secondary N) is 2. The van der Waals surface area contributed by atoms with E-state index >= 15 is 0 Å². The van der Waals surface area contributed by atoms with Gasteiger partial charge in [-0.25, -0.2) is 0 Å². The SMILES string of the molecule is CC1CN(Cc2ccc3[nH]c(-c4ccc[nH]c4=O)cc3c2)CC(C)O1. The number of ether oxygens (including phenoxy) is 1. The highest BCUT2D eigenvalue weighted by Gasteiger charge is 2.22. The van der Waals surface area contributed by atoms with Gasteiger partial charge in [-0.15, -0.1) is 0 Å². The quantitative estimate of drug-likeness (QED) is 0.772. The number of nitrogens with zero attached hydrogens (tertiary/aromatic N) is 1. The first-order valence-corrected chi connectivity index (χ1v) is 8.76. The molecule has 1 aliphatic rings. The summed E-state index contributed by atoms with van der Waals surface area (Å²) in [5.41, 5.74) is 3.76. The first-order valence-electron chi connectivity index (χ1n) is 8.76. The van der Waals surface area contributed by atoms with Crippen molar-refractivity contribution in [1.29, 1.82) is 0 Å². The highest BCUT2D eigenvalue weighted by molar-refractivity contribution is 5.86. The molecule has 5 nitrogen and oxygen atoms in total. The van der Waals surface area contributed by atoms with Crippen molar-refractivity contribution >= 4 is 10.9 Å². The van der Waals surface area contributed by atoms with Crippen LogP contribution in [-0.2, 0) is 11.3 Å². The fourth-order valence-corrected chi connectivity index (χ4v) is 3.73. The van der Waals surface area contributed by atoms with E-state index < -0.39 is 0 Å². The molecule has 0 radical (unpaired) electrons. The third-order valence-corrected chi connectivity index (χ3v) is 4.69. The van der Waals surface area contributed by atoms with E-state index in [2.05, 4.69) is 46.9 Å². The largest absolute Gasteiger partial charge is 0.373 e. The van der Waals surface area contributed by atoms with E-state index in [4.69, 9.17) is 4.74 Å². The normalized spacial score (nSPS) is 21.7. The Morgan fingerprint density at radius 2 is 1.96 bits per heavy atom. The Morgan fingerprint density at radius 1 is 1.16 bits per heavy atom. The molecule has 5 heteroatoms. The molecule has 0 aliphatic carbocycles. The van der Waals surface area contributed by atoms with Gasteiger partial charge in [-0.2, -0.15) is 0 Å². The van der Waals surface area contributed by atoms with Crippen molar-refractivity contribution in [3.8, 4) is 11.3 Å². The molecule has 0 saturated carbocycles. The van der Waals surface area contributed by atoms with E-state index in [0.29, 0.717) is 5.56 Å². The molecule has 130 valence electrons. The minimum atomic E-state index is -0.0782. The van der Waals surface area contributed by atoms with Gasteiger partial charge in [0.05, 0.1) is 23.5 Å². The van der Waals surface area contributed by atoms with Gasteiger partial charge in [0.1, 0.15) is 0 Å². The van der Waals surface area contributed by atoms with Gasteiger partial charge in [-0.05, 0) is 49.7 Å². The zero-order valence-electron chi connectivity index (χ0n) is 14.6. The molecule has 3 aromatic rings. The highest BCUT2D eigenvalue weighted by atomic mass is 16.5. The van der Waals surface area contributed by atoms with Crippen LogP contribution in [0.1, 0.15) is 19.4 Å². The molecular formula is C20H23N3O2. The first-order chi connectivity index (χ1) is 12.1. The van der Waals surface area contributed by atoms with E-state index in [0.717, 1.165) is 36.2 Å². The highest BCUT2D eigenvalue weighted by Crippen LogP contribution is 2.24. The summed E-state index contributed by atoms with van der Waals surface area (Å²) >= 11 is 0. The number of hydrogen-bond acceptors (Lipinski definition) is 3. The molecule has 3 heterocycles. The second kappa shape index (κ2) is 6.50. The molecule has 1 aliphatic heterocycles. The number of aromatic amines is 2. The van der Waals surface area contributed by atoms with Crippen LogP contribution in [0.2, 0.25) is 0 Å². The van der Waals surface area contributed by atoms with Crippen molar-refractivity contribution in [3.63, 3.8) is 0 Å². The maximum Gasteiger partial charge on any atom is 0.257 e. The van der Waals surface area contributed by atoms with Crippen LogP contribution in [0.5, 0.6) is 0 Å². The molecule has 25 heavy (non-hydrogen) atoms. The molecular weight excluding hydrogens is 314 g/mol. The lowest BCUT2D eigenvalue weighted by atomic mass is 10.1. The molecule has 2 unspecified atom stereocenters. The number of benzene rings is 1. The van der Waals surface area contributed by atoms with Crippen molar-refractivity contribution in [2.45, 2.75) is 32.6 Å². The summed E-state index contributed by atoms with van der Waals surface area (Å²) in [4.78, 5) is 20.5. The number of aromatic nitrogens is 2. The number of rotatable bonds is 3. The van der Waals surface area contributed by atoms with Crippen LogP contribution in [0.4, 0.5) is 0 Å². The van der Waals surface area contributed by atoms with E-state index in [1.807, 2.05) is 18.2 Å². The van der Waals surface area contributed by atoms with Gasteiger partial charge < -0.3 is 14.7 Å². The molecule has 2 aromatic heterocycles. The van der Waals surface area contributed by atoms with Crippen LogP contribution >= 0.6 is 0 Å². The topological polar surface area (TPSA) is 61.1 Å². The third-order valence-electron chi connectivity index (χ3n) is 4.69. The summed E-state index contributed by atoms with van der Waals surface area (Å²) in [7, 11) is 0. The van der Waals surface area contributed by atoms with Crippen LogP contribution in [0, 0.1) is 0 Å². The number of fused-ring (bicyclic) bond motifs is 1. The lowest BCUT2D eigenvalue weighted by molar-refractivity contribution is -0.0704. The van der Waals surface area contributed by atoms with Gasteiger partial charge in [0.2, 0.25) is 0 Å². The summed E-state index contributed by atoms with van der Waals surface area (Å²) in [5.74, 6) is 0. The number of pyridine rings is 1. The molecule has 1 aromatic carbocycles. The summed E-state index contributed by atoms with van der Waals surface area (Å²) in [6, 6.07) is 12.2.